The molecule has 0 heterocycles. The number of hydrogen-bond acceptors (Lipinski definition) is 3. The Morgan fingerprint density at radius 3 is 2.40 bits per heavy atom. The predicted octanol–water partition coefficient (Wildman–Crippen LogP) is 3.04. The molecule has 0 aromatic heterocycles. The van der Waals surface area contributed by atoms with Crippen LogP contribution in [0.15, 0.2) is 46.9 Å². The van der Waals surface area contributed by atoms with E-state index in [4.69, 9.17) is 15.6 Å². The zero-order valence-corrected chi connectivity index (χ0v) is 11.8. The number of rotatable bonds is 4. The monoisotopic (exact) mass is 335 g/mol. The Kier molecular flexibility index (Phi) is 4.05. The molecule has 2 aromatic rings. The van der Waals surface area contributed by atoms with Crippen LogP contribution in [0.5, 0.6) is 11.5 Å². The van der Waals surface area contributed by atoms with E-state index in [1.54, 1.807) is 24.3 Å². The molecule has 2 rings (SSSR count). The second-order valence-corrected chi connectivity index (χ2v) is 4.76. The molecule has 0 atom stereocenters. The van der Waals surface area contributed by atoms with Gasteiger partial charge in [0.15, 0.2) is 0 Å². The molecular weight excluding hydrogens is 326 g/mol. The van der Waals surface area contributed by atoms with Crippen LogP contribution in [0.4, 0.5) is 0 Å². The lowest BCUT2D eigenvalue weighted by Gasteiger charge is -2.10. The summed E-state index contributed by atoms with van der Waals surface area (Å²) in [5, 5.41) is 8.93. The maximum Gasteiger partial charge on any atom is 0.336 e. The number of carboxylic acid groups (broad SMARTS) is 1. The molecule has 0 bridgehead atoms. The molecule has 0 unspecified atom stereocenters. The summed E-state index contributed by atoms with van der Waals surface area (Å²) in [6.07, 6.45) is 0. The number of benzene rings is 2. The average molecular weight is 336 g/mol. The summed E-state index contributed by atoms with van der Waals surface area (Å²) in [7, 11) is 0. The van der Waals surface area contributed by atoms with Gasteiger partial charge in [0, 0.05) is 4.47 Å². The van der Waals surface area contributed by atoms with Gasteiger partial charge in [-0.1, -0.05) is 12.1 Å². The number of halogens is 1. The number of primary amides is 1. The zero-order chi connectivity index (χ0) is 14.7. The minimum absolute atomic E-state index is 0.125. The summed E-state index contributed by atoms with van der Waals surface area (Å²) in [5.74, 6) is -0.923. The molecule has 0 saturated carbocycles. The fraction of sp³-hybridized carbons (Fsp3) is 0. The lowest BCUT2D eigenvalue weighted by atomic mass is 10.2. The first-order valence-electron chi connectivity index (χ1n) is 5.58. The van der Waals surface area contributed by atoms with Crippen LogP contribution in [0.1, 0.15) is 20.7 Å². The number of hydrogen-bond donors (Lipinski definition) is 2. The van der Waals surface area contributed by atoms with Crippen molar-refractivity contribution in [3.8, 4) is 11.5 Å². The first-order valence-corrected chi connectivity index (χ1v) is 6.38. The van der Waals surface area contributed by atoms with Gasteiger partial charge in [0.05, 0.1) is 11.1 Å². The van der Waals surface area contributed by atoms with Gasteiger partial charge in [-0.05, 0) is 46.3 Å². The van der Waals surface area contributed by atoms with Crippen molar-refractivity contribution in [3.63, 3.8) is 0 Å². The van der Waals surface area contributed by atoms with E-state index in [2.05, 4.69) is 15.9 Å². The maximum atomic E-state index is 11.3. The van der Waals surface area contributed by atoms with Gasteiger partial charge in [0.25, 0.3) is 5.91 Å². The number of carbonyl (C=O) groups excluding carboxylic acids is 1. The molecule has 0 saturated heterocycles. The number of carbonyl (C=O) groups is 2. The SMILES string of the molecule is NC(=O)c1ccccc1Oc1ccc(C(=O)O)c(Br)c1. The van der Waals surface area contributed by atoms with E-state index in [0.29, 0.717) is 16.0 Å². The van der Waals surface area contributed by atoms with Crippen molar-refractivity contribution in [2.75, 3.05) is 0 Å². The summed E-state index contributed by atoms with van der Waals surface area (Å²) in [6.45, 7) is 0. The van der Waals surface area contributed by atoms with Crippen molar-refractivity contribution in [2.24, 2.45) is 5.73 Å². The van der Waals surface area contributed by atoms with E-state index >= 15 is 0 Å². The lowest BCUT2D eigenvalue weighted by molar-refractivity contribution is 0.0695. The number of amides is 1. The molecule has 3 N–H and O–H groups in total. The molecule has 6 heteroatoms. The largest absolute Gasteiger partial charge is 0.478 e. The third-order valence-electron chi connectivity index (χ3n) is 2.55. The van der Waals surface area contributed by atoms with E-state index in [9.17, 15) is 9.59 Å². The molecule has 0 aliphatic rings. The van der Waals surface area contributed by atoms with E-state index in [1.165, 1.54) is 18.2 Å². The van der Waals surface area contributed by atoms with Crippen LogP contribution in [0.3, 0.4) is 0 Å². The fourth-order valence-electron chi connectivity index (χ4n) is 1.62. The Labute approximate surface area is 123 Å². The normalized spacial score (nSPS) is 10.1. The van der Waals surface area contributed by atoms with Crippen LogP contribution < -0.4 is 10.5 Å². The number of nitrogens with two attached hydrogens (primary N) is 1. The van der Waals surface area contributed by atoms with Gasteiger partial charge in [0.2, 0.25) is 0 Å². The van der Waals surface area contributed by atoms with Crippen molar-refractivity contribution in [1.29, 1.82) is 0 Å². The molecule has 0 spiro atoms. The Morgan fingerprint density at radius 1 is 1.10 bits per heavy atom. The highest BCUT2D eigenvalue weighted by Gasteiger charge is 2.12. The topological polar surface area (TPSA) is 89.6 Å². The van der Waals surface area contributed by atoms with Gasteiger partial charge in [-0.15, -0.1) is 0 Å². The number of carboxylic acids is 1. The molecule has 0 aliphatic carbocycles. The van der Waals surface area contributed by atoms with Crippen LogP contribution in [0, 0.1) is 0 Å². The van der Waals surface area contributed by atoms with E-state index in [-0.39, 0.29) is 11.1 Å². The molecule has 102 valence electrons. The first-order chi connectivity index (χ1) is 9.49. The molecule has 20 heavy (non-hydrogen) atoms. The zero-order valence-electron chi connectivity index (χ0n) is 10.2. The highest BCUT2D eigenvalue weighted by atomic mass is 79.9. The number of ether oxygens (including phenoxy) is 1. The van der Waals surface area contributed by atoms with Crippen molar-refractivity contribution < 1.29 is 19.4 Å². The van der Waals surface area contributed by atoms with Crippen LogP contribution >= 0.6 is 15.9 Å². The van der Waals surface area contributed by atoms with E-state index in [1.807, 2.05) is 0 Å². The molecule has 1 amide bonds. The van der Waals surface area contributed by atoms with E-state index < -0.39 is 11.9 Å². The minimum atomic E-state index is -1.04. The highest BCUT2D eigenvalue weighted by Crippen LogP contribution is 2.29. The number of aromatic carboxylic acids is 1. The predicted molar refractivity (Wildman–Crippen MR) is 76.1 cm³/mol. The van der Waals surface area contributed by atoms with Crippen molar-refractivity contribution in [2.45, 2.75) is 0 Å². The molecule has 0 fully saturated rings. The Hall–Kier alpha value is -2.34. The minimum Gasteiger partial charge on any atom is -0.478 e. The second kappa shape index (κ2) is 5.75. The molecule has 5 nitrogen and oxygen atoms in total. The third kappa shape index (κ3) is 2.97. The first kappa shape index (κ1) is 14.1. The van der Waals surface area contributed by atoms with Gasteiger partial charge < -0.3 is 15.6 Å². The van der Waals surface area contributed by atoms with Crippen molar-refractivity contribution in [1.82, 2.24) is 0 Å². The van der Waals surface area contributed by atoms with Crippen LogP contribution in [0.25, 0.3) is 0 Å². The Morgan fingerprint density at radius 2 is 1.80 bits per heavy atom. The van der Waals surface area contributed by atoms with Gasteiger partial charge in [-0.2, -0.15) is 0 Å². The number of para-hydroxylation sites is 1. The third-order valence-corrected chi connectivity index (χ3v) is 3.21. The van der Waals surface area contributed by atoms with Gasteiger partial charge >= 0.3 is 5.97 Å². The van der Waals surface area contributed by atoms with Gasteiger partial charge in [-0.3, -0.25) is 4.79 Å². The fourth-order valence-corrected chi connectivity index (χ4v) is 2.15. The Bertz CT molecular complexity index is 685. The quantitative estimate of drug-likeness (QED) is 0.898. The van der Waals surface area contributed by atoms with E-state index in [0.717, 1.165) is 0 Å². The summed E-state index contributed by atoms with van der Waals surface area (Å²) in [6, 6.07) is 11.0. The van der Waals surface area contributed by atoms with Crippen molar-refractivity contribution in [3.05, 3.63) is 58.1 Å². The standard InChI is InChI=1S/C14H10BrNO4/c15-11-7-8(5-6-9(11)14(18)19)20-12-4-2-1-3-10(12)13(16)17/h1-7H,(H2,16,17)(H,18,19). The van der Waals surface area contributed by atoms with Crippen LogP contribution in [-0.4, -0.2) is 17.0 Å². The Balaban J connectivity index is 2.34. The smallest absolute Gasteiger partial charge is 0.336 e. The molecule has 2 aromatic carbocycles. The van der Waals surface area contributed by atoms with Crippen molar-refractivity contribution >= 4 is 27.8 Å². The molecular formula is C14H10BrNO4. The second-order valence-electron chi connectivity index (χ2n) is 3.91. The summed E-state index contributed by atoms with van der Waals surface area (Å²) in [5.41, 5.74) is 5.64. The van der Waals surface area contributed by atoms with Gasteiger partial charge in [0.1, 0.15) is 11.5 Å². The van der Waals surface area contributed by atoms with Crippen LogP contribution in [0.2, 0.25) is 0 Å². The summed E-state index contributed by atoms with van der Waals surface area (Å²) < 4.78 is 5.95. The summed E-state index contributed by atoms with van der Waals surface area (Å²) in [4.78, 5) is 22.2. The maximum absolute atomic E-state index is 11.3. The lowest BCUT2D eigenvalue weighted by Crippen LogP contribution is -2.12. The highest BCUT2D eigenvalue weighted by molar-refractivity contribution is 9.10. The molecule has 0 radical (unpaired) electrons. The van der Waals surface area contributed by atoms with Crippen LogP contribution in [-0.2, 0) is 0 Å². The summed E-state index contributed by atoms with van der Waals surface area (Å²) >= 11 is 3.16. The van der Waals surface area contributed by atoms with Gasteiger partial charge in [-0.25, -0.2) is 4.79 Å². The average Bonchev–Trinajstić information content (AvgIpc) is 2.38. The molecule has 0 aliphatic heterocycles.